The van der Waals surface area contributed by atoms with Crippen LogP contribution in [-0.2, 0) is 9.59 Å². The summed E-state index contributed by atoms with van der Waals surface area (Å²) in [6.45, 7) is 0. The molecule has 7 heteroatoms. The molecule has 0 atom stereocenters. The molecule has 4 nitrogen and oxygen atoms in total. The van der Waals surface area contributed by atoms with E-state index in [-0.39, 0.29) is 0 Å². The minimum absolute atomic E-state index is 0.347. The molecule has 0 saturated carbocycles. The van der Waals surface area contributed by atoms with E-state index in [4.69, 9.17) is 0 Å². The molecule has 0 aliphatic carbocycles. The van der Waals surface area contributed by atoms with Crippen molar-refractivity contribution in [3.05, 3.63) is 23.5 Å². The van der Waals surface area contributed by atoms with E-state index in [0.717, 1.165) is 12.2 Å². The second-order valence-corrected chi connectivity index (χ2v) is 2.26. The Morgan fingerprint density at radius 2 is 1.60 bits per heavy atom. The molecule has 0 fully saturated rings. The molecule has 0 aliphatic rings. The van der Waals surface area contributed by atoms with Crippen LogP contribution in [0.5, 0.6) is 0 Å². The van der Waals surface area contributed by atoms with Crippen molar-refractivity contribution < 1.29 is 22.8 Å². The van der Waals surface area contributed by atoms with Crippen molar-refractivity contribution in [1.82, 2.24) is 0 Å². The third kappa shape index (κ3) is 1.99. The molecule has 0 unspecified atom stereocenters. The highest BCUT2D eigenvalue weighted by atomic mass is 19.2. The molecule has 0 heterocycles. The minimum Gasteiger partial charge on any atom is -0.211 e. The summed E-state index contributed by atoms with van der Waals surface area (Å²) in [5, 5.41) is 0. The first-order valence-electron chi connectivity index (χ1n) is 3.45. The molecular formula is C8HF3N2O2. The van der Waals surface area contributed by atoms with Crippen LogP contribution in [0.1, 0.15) is 0 Å². The van der Waals surface area contributed by atoms with Crippen LogP contribution in [-0.4, -0.2) is 12.2 Å². The van der Waals surface area contributed by atoms with Gasteiger partial charge in [-0.1, -0.05) is 0 Å². The number of carbonyl (C=O) groups excluding carboxylic acids is 2. The van der Waals surface area contributed by atoms with Gasteiger partial charge in [-0.25, -0.2) is 22.8 Å². The van der Waals surface area contributed by atoms with E-state index in [2.05, 4.69) is 9.98 Å². The number of nitrogens with zero attached hydrogens (tertiary/aromatic N) is 2. The van der Waals surface area contributed by atoms with E-state index in [1.165, 1.54) is 0 Å². The molecule has 1 aromatic rings. The molecule has 0 bridgehead atoms. The van der Waals surface area contributed by atoms with Gasteiger partial charge in [0.25, 0.3) is 0 Å². The highest BCUT2D eigenvalue weighted by Crippen LogP contribution is 2.31. The van der Waals surface area contributed by atoms with Gasteiger partial charge in [0, 0.05) is 6.07 Å². The maximum Gasteiger partial charge on any atom is 0.240 e. The number of hydrogen-bond acceptors (Lipinski definition) is 4. The van der Waals surface area contributed by atoms with Crippen LogP contribution in [0, 0.1) is 17.5 Å². The molecule has 0 aromatic heterocycles. The van der Waals surface area contributed by atoms with Gasteiger partial charge in [0.05, 0.1) is 0 Å². The highest BCUT2D eigenvalue weighted by Gasteiger charge is 2.18. The van der Waals surface area contributed by atoms with Gasteiger partial charge < -0.3 is 0 Å². The molecular weight excluding hydrogens is 213 g/mol. The summed E-state index contributed by atoms with van der Waals surface area (Å²) >= 11 is 0. The Morgan fingerprint density at radius 1 is 1.00 bits per heavy atom. The van der Waals surface area contributed by atoms with Crippen molar-refractivity contribution in [1.29, 1.82) is 0 Å². The van der Waals surface area contributed by atoms with Gasteiger partial charge in [0.1, 0.15) is 5.69 Å². The lowest BCUT2D eigenvalue weighted by Crippen LogP contribution is -1.89. The van der Waals surface area contributed by atoms with Crippen molar-refractivity contribution in [2.75, 3.05) is 0 Å². The number of aliphatic imine (C=N–C) groups is 2. The first-order chi connectivity index (χ1) is 7.11. The standard InChI is InChI=1S/C8HF3N2O2/c9-4-1-5(12-2-14)7(11)8(6(4)10)13-3-15/h1H. The topological polar surface area (TPSA) is 58.9 Å². The first-order valence-corrected chi connectivity index (χ1v) is 3.45. The number of benzene rings is 1. The maximum absolute atomic E-state index is 13.1. The highest BCUT2D eigenvalue weighted by molar-refractivity contribution is 5.60. The van der Waals surface area contributed by atoms with Crippen molar-refractivity contribution in [3.8, 4) is 0 Å². The molecule has 76 valence electrons. The van der Waals surface area contributed by atoms with Gasteiger partial charge in [-0.15, -0.1) is 0 Å². The molecule has 1 aromatic carbocycles. The van der Waals surface area contributed by atoms with E-state index in [9.17, 15) is 22.8 Å². The van der Waals surface area contributed by atoms with Crippen molar-refractivity contribution >= 4 is 23.5 Å². The lowest BCUT2D eigenvalue weighted by Gasteiger charge is -2.00. The van der Waals surface area contributed by atoms with Gasteiger partial charge in [-0.3, -0.25) is 0 Å². The zero-order valence-electron chi connectivity index (χ0n) is 6.92. The normalized spacial score (nSPS) is 9.00. The summed E-state index contributed by atoms with van der Waals surface area (Å²) < 4.78 is 38.7. The van der Waals surface area contributed by atoms with E-state index >= 15 is 0 Å². The fourth-order valence-electron chi connectivity index (χ4n) is 0.852. The van der Waals surface area contributed by atoms with Gasteiger partial charge in [-0.2, -0.15) is 9.98 Å². The van der Waals surface area contributed by atoms with Gasteiger partial charge in [0.15, 0.2) is 23.1 Å². The molecule has 0 radical (unpaired) electrons. The molecule has 0 aliphatic heterocycles. The molecule has 15 heavy (non-hydrogen) atoms. The van der Waals surface area contributed by atoms with E-state index in [0.29, 0.717) is 6.07 Å². The van der Waals surface area contributed by atoms with Crippen molar-refractivity contribution in [3.63, 3.8) is 0 Å². The number of hydrogen-bond donors (Lipinski definition) is 0. The average molecular weight is 214 g/mol. The number of isocyanates is 2. The van der Waals surface area contributed by atoms with Crippen molar-refractivity contribution in [2.45, 2.75) is 0 Å². The summed E-state index contributed by atoms with van der Waals surface area (Å²) in [7, 11) is 0. The molecule has 0 N–H and O–H groups in total. The SMILES string of the molecule is O=C=Nc1cc(F)c(F)c(N=C=O)c1F. The summed E-state index contributed by atoms with van der Waals surface area (Å²) in [4.78, 5) is 25.0. The summed E-state index contributed by atoms with van der Waals surface area (Å²) in [5.41, 5.74) is -1.98. The lowest BCUT2D eigenvalue weighted by molar-refractivity contribution is 0.498. The second kappa shape index (κ2) is 4.32. The molecule has 1 rings (SSSR count). The maximum atomic E-state index is 13.1. The Balaban J connectivity index is 3.62. The Bertz CT molecular complexity index is 503. The zero-order valence-corrected chi connectivity index (χ0v) is 6.92. The third-order valence-corrected chi connectivity index (χ3v) is 1.44. The molecule has 0 spiro atoms. The molecule has 0 amide bonds. The third-order valence-electron chi connectivity index (χ3n) is 1.44. The molecule has 0 saturated heterocycles. The lowest BCUT2D eigenvalue weighted by atomic mass is 10.2. The second-order valence-electron chi connectivity index (χ2n) is 2.26. The fourth-order valence-corrected chi connectivity index (χ4v) is 0.852. The fraction of sp³-hybridized carbons (Fsp3) is 0. The zero-order chi connectivity index (χ0) is 11.4. The van der Waals surface area contributed by atoms with Crippen LogP contribution in [0.4, 0.5) is 24.5 Å². The summed E-state index contributed by atoms with van der Waals surface area (Å²) in [5.74, 6) is -4.57. The average Bonchev–Trinajstić information content (AvgIpc) is 2.21. The predicted molar refractivity (Wildman–Crippen MR) is 41.9 cm³/mol. The Morgan fingerprint density at radius 3 is 2.13 bits per heavy atom. The van der Waals surface area contributed by atoms with Gasteiger partial charge in [-0.05, 0) is 0 Å². The van der Waals surface area contributed by atoms with Crippen LogP contribution in [0.3, 0.4) is 0 Å². The van der Waals surface area contributed by atoms with E-state index < -0.39 is 28.8 Å². The minimum atomic E-state index is -1.65. The number of rotatable bonds is 2. The summed E-state index contributed by atoms with van der Waals surface area (Å²) in [6, 6.07) is 0.347. The van der Waals surface area contributed by atoms with Gasteiger partial charge in [0.2, 0.25) is 12.2 Å². The van der Waals surface area contributed by atoms with Crippen LogP contribution in [0.2, 0.25) is 0 Å². The number of halogens is 3. The van der Waals surface area contributed by atoms with Crippen LogP contribution in [0.15, 0.2) is 16.1 Å². The van der Waals surface area contributed by atoms with Crippen LogP contribution >= 0.6 is 0 Å². The Labute approximate surface area is 80.8 Å². The largest absolute Gasteiger partial charge is 0.240 e. The van der Waals surface area contributed by atoms with Crippen molar-refractivity contribution in [2.24, 2.45) is 9.98 Å². The van der Waals surface area contributed by atoms with Gasteiger partial charge >= 0.3 is 0 Å². The quantitative estimate of drug-likeness (QED) is 0.429. The Hall–Kier alpha value is -2.23. The Kier molecular flexibility index (Phi) is 3.13. The van der Waals surface area contributed by atoms with E-state index in [1.54, 1.807) is 0 Å². The first kappa shape index (κ1) is 10.8. The van der Waals surface area contributed by atoms with E-state index in [1.807, 2.05) is 0 Å². The summed E-state index contributed by atoms with van der Waals surface area (Å²) in [6.07, 6.45) is 1.80. The van der Waals surface area contributed by atoms with Crippen LogP contribution in [0.25, 0.3) is 0 Å². The smallest absolute Gasteiger partial charge is 0.211 e. The monoisotopic (exact) mass is 214 g/mol. The van der Waals surface area contributed by atoms with Crippen LogP contribution < -0.4 is 0 Å². The predicted octanol–water partition coefficient (Wildman–Crippen LogP) is 2.04.